The number of carbonyl (C=O) groups excluding carboxylic acids is 2. The Morgan fingerprint density at radius 3 is 2.08 bits per heavy atom. The molecule has 136 valence electrons. The van der Waals surface area contributed by atoms with Gasteiger partial charge < -0.3 is 15.3 Å². The van der Waals surface area contributed by atoms with Crippen LogP contribution in [0, 0.1) is 5.92 Å². The second kappa shape index (κ2) is 8.65. The van der Waals surface area contributed by atoms with Crippen LogP contribution >= 0.6 is 0 Å². The SMILES string of the molecule is CN(C)C(=O)c1ccc(C(=O)NC2CCCCCCC2C(=O)O)cc1. The molecule has 1 fully saturated rings. The molecule has 6 nitrogen and oxygen atoms in total. The van der Waals surface area contributed by atoms with Crippen LogP contribution in [0.2, 0.25) is 0 Å². The summed E-state index contributed by atoms with van der Waals surface area (Å²) in [6.45, 7) is 0. The van der Waals surface area contributed by atoms with Gasteiger partial charge in [-0.15, -0.1) is 0 Å². The van der Waals surface area contributed by atoms with Crippen LogP contribution in [0.1, 0.15) is 59.2 Å². The molecule has 0 radical (unpaired) electrons. The first-order valence-electron chi connectivity index (χ1n) is 8.75. The Morgan fingerprint density at radius 1 is 0.960 bits per heavy atom. The summed E-state index contributed by atoms with van der Waals surface area (Å²) in [6, 6.07) is 6.08. The molecule has 1 saturated carbocycles. The summed E-state index contributed by atoms with van der Waals surface area (Å²) >= 11 is 0. The average Bonchev–Trinajstić information content (AvgIpc) is 2.56. The lowest BCUT2D eigenvalue weighted by atomic mass is 9.86. The lowest BCUT2D eigenvalue weighted by Crippen LogP contribution is -2.43. The van der Waals surface area contributed by atoms with E-state index in [9.17, 15) is 19.5 Å². The summed E-state index contributed by atoms with van der Waals surface area (Å²) in [7, 11) is 3.34. The third kappa shape index (κ3) is 5.05. The van der Waals surface area contributed by atoms with Gasteiger partial charge >= 0.3 is 5.97 Å². The monoisotopic (exact) mass is 346 g/mol. The van der Waals surface area contributed by atoms with Crippen LogP contribution in [0.3, 0.4) is 0 Å². The van der Waals surface area contributed by atoms with E-state index >= 15 is 0 Å². The molecule has 25 heavy (non-hydrogen) atoms. The van der Waals surface area contributed by atoms with Gasteiger partial charge in [-0.05, 0) is 37.1 Å². The zero-order valence-electron chi connectivity index (χ0n) is 14.8. The molecule has 1 aliphatic carbocycles. The Labute approximate surface area is 148 Å². The molecule has 0 saturated heterocycles. The molecule has 1 aromatic carbocycles. The van der Waals surface area contributed by atoms with Crippen LogP contribution in [0.25, 0.3) is 0 Å². The minimum absolute atomic E-state index is 0.127. The number of rotatable bonds is 4. The summed E-state index contributed by atoms with van der Waals surface area (Å²) in [5, 5.41) is 12.4. The van der Waals surface area contributed by atoms with E-state index < -0.39 is 11.9 Å². The first-order valence-corrected chi connectivity index (χ1v) is 8.75. The summed E-state index contributed by atoms with van der Waals surface area (Å²) in [6.07, 6.45) is 5.19. The first kappa shape index (κ1) is 19.0. The Balaban J connectivity index is 2.08. The van der Waals surface area contributed by atoms with E-state index in [0.29, 0.717) is 24.0 Å². The molecular weight excluding hydrogens is 320 g/mol. The average molecular weight is 346 g/mol. The second-order valence-corrected chi connectivity index (χ2v) is 6.79. The maximum atomic E-state index is 12.5. The quantitative estimate of drug-likeness (QED) is 0.877. The predicted molar refractivity (Wildman–Crippen MR) is 94.5 cm³/mol. The highest BCUT2D eigenvalue weighted by Gasteiger charge is 2.30. The maximum Gasteiger partial charge on any atom is 0.308 e. The largest absolute Gasteiger partial charge is 0.481 e. The minimum atomic E-state index is -0.848. The van der Waals surface area contributed by atoms with E-state index in [-0.39, 0.29) is 17.9 Å². The highest BCUT2D eigenvalue weighted by atomic mass is 16.4. The Kier molecular flexibility index (Phi) is 6.56. The van der Waals surface area contributed by atoms with Crippen LogP contribution in [0.4, 0.5) is 0 Å². The molecule has 1 aromatic rings. The molecule has 0 bridgehead atoms. The number of benzene rings is 1. The summed E-state index contributed by atoms with van der Waals surface area (Å²) < 4.78 is 0. The molecular formula is C19H26N2O4. The van der Waals surface area contributed by atoms with Gasteiger partial charge in [0.15, 0.2) is 0 Å². The Hall–Kier alpha value is -2.37. The topological polar surface area (TPSA) is 86.7 Å². The number of amides is 2. The fourth-order valence-electron chi connectivity index (χ4n) is 3.23. The number of nitrogens with zero attached hydrogens (tertiary/aromatic N) is 1. The van der Waals surface area contributed by atoms with E-state index in [2.05, 4.69) is 5.32 Å². The minimum Gasteiger partial charge on any atom is -0.481 e. The van der Waals surface area contributed by atoms with Crippen molar-refractivity contribution in [3.8, 4) is 0 Å². The van der Waals surface area contributed by atoms with Crippen molar-refractivity contribution >= 4 is 17.8 Å². The fourth-order valence-corrected chi connectivity index (χ4v) is 3.23. The normalized spacial score (nSPS) is 20.9. The van der Waals surface area contributed by atoms with Crippen molar-refractivity contribution in [1.82, 2.24) is 10.2 Å². The highest BCUT2D eigenvalue weighted by Crippen LogP contribution is 2.23. The van der Waals surface area contributed by atoms with E-state index in [1.807, 2.05) is 0 Å². The van der Waals surface area contributed by atoms with E-state index in [1.54, 1.807) is 38.4 Å². The molecule has 0 aliphatic heterocycles. The molecule has 2 N–H and O–H groups in total. The predicted octanol–water partition coefficient (Wildman–Crippen LogP) is 2.54. The van der Waals surface area contributed by atoms with Crippen LogP contribution in [-0.4, -0.2) is 47.9 Å². The second-order valence-electron chi connectivity index (χ2n) is 6.79. The van der Waals surface area contributed by atoms with Crippen molar-refractivity contribution < 1.29 is 19.5 Å². The van der Waals surface area contributed by atoms with Gasteiger partial charge in [0, 0.05) is 31.3 Å². The molecule has 6 heteroatoms. The maximum absolute atomic E-state index is 12.5. The summed E-state index contributed by atoms with van der Waals surface area (Å²) in [4.78, 5) is 37.4. The molecule has 2 rings (SSSR count). The standard InChI is InChI=1S/C19H26N2O4/c1-21(2)18(23)14-11-9-13(10-12-14)17(22)20-16-8-6-4-3-5-7-15(16)19(24)25/h9-12,15-16H,3-8H2,1-2H3,(H,20,22)(H,24,25). The number of nitrogens with one attached hydrogen (secondary N) is 1. The van der Waals surface area contributed by atoms with Gasteiger partial charge in [0.2, 0.25) is 0 Å². The third-order valence-electron chi connectivity index (χ3n) is 4.70. The molecule has 2 unspecified atom stereocenters. The number of hydrogen-bond donors (Lipinski definition) is 2. The van der Waals surface area contributed by atoms with Gasteiger partial charge in [0.25, 0.3) is 11.8 Å². The van der Waals surface area contributed by atoms with Crippen molar-refractivity contribution in [2.24, 2.45) is 5.92 Å². The van der Waals surface area contributed by atoms with Crippen molar-refractivity contribution in [2.45, 2.75) is 44.6 Å². The number of aliphatic carboxylic acids is 1. The van der Waals surface area contributed by atoms with Gasteiger partial charge in [0.1, 0.15) is 0 Å². The summed E-state index contributed by atoms with van der Waals surface area (Å²) in [5.41, 5.74) is 0.942. The Bertz CT molecular complexity index is 625. The smallest absolute Gasteiger partial charge is 0.308 e. The summed E-state index contributed by atoms with van der Waals surface area (Å²) in [5.74, 6) is -1.81. The first-order chi connectivity index (χ1) is 11.9. The zero-order chi connectivity index (χ0) is 18.4. The molecule has 0 heterocycles. The van der Waals surface area contributed by atoms with Crippen LogP contribution in [0.15, 0.2) is 24.3 Å². The molecule has 2 amide bonds. The lowest BCUT2D eigenvalue weighted by Gasteiger charge is -2.27. The number of carboxylic acid groups (broad SMARTS) is 1. The van der Waals surface area contributed by atoms with Crippen LogP contribution in [0.5, 0.6) is 0 Å². The number of carboxylic acids is 1. The lowest BCUT2D eigenvalue weighted by molar-refractivity contribution is -0.143. The van der Waals surface area contributed by atoms with Gasteiger partial charge in [0.05, 0.1) is 5.92 Å². The van der Waals surface area contributed by atoms with Crippen LogP contribution < -0.4 is 5.32 Å². The van der Waals surface area contributed by atoms with Gasteiger partial charge in [-0.25, -0.2) is 0 Å². The van der Waals surface area contributed by atoms with Gasteiger partial charge in [-0.2, -0.15) is 0 Å². The number of hydrogen-bond acceptors (Lipinski definition) is 3. The highest BCUT2D eigenvalue weighted by molar-refractivity contribution is 5.97. The Morgan fingerprint density at radius 2 is 1.52 bits per heavy atom. The van der Waals surface area contributed by atoms with E-state index in [0.717, 1.165) is 25.7 Å². The molecule has 2 atom stereocenters. The fraction of sp³-hybridized carbons (Fsp3) is 0.526. The zero-order valence-corrected chi connectivity index (χ0v) is 14.8. The van der Waals surface area contributed by atoms with Crippen molar-refractivity contribution in [1.29, 1.82) is 0 Å². The third-order valence-corrected chi connectivity index (χ3v) is 4.70. The molecule has 0 aromatic heterocycles. The van der Waals surface area contributed by atoms with Crippen molar-refractivity contribution in [3.05, 3.63) is 35.4 Å². The molecule has 0 spiro atoms. The van der Waals surface area contributed by atoms with Crippen LogP contribution in [-0.2, 0) is 4.79 Å². The van der Waals surface area contributed by atoms with Crippen molar-refractivity contribution in [3.63, 3.8) is 0 Å². The molecule has 1 aliphatic rings. The van der Waals surface area contributed by atoms with Crippen molar-refractivity contribution in [2.75, 3.05) is 14.1 Å². The number of carbonyl (C=O) groups is 3. The van der Waals surface area contributed by atoms with E-state index in [1.165, 1.54) is 4.90 Å². The van der Waals surface area contributed by atoms with E-state index in [4.69, 9.17) is 0 Å². The van der Waals surface area contributed by atoms with Gasteiger partial charge in [-0.3, -0.25) is 14.4 Å². The van der Waals surface area contributed by atoms with Gasteiger partial charge in [-0.1, -0.05) is 25.7 Å².